The second-order valence-corrected chi connectivity index (χ2v) is 19.2. The van der Waals surface area contributed by atoms with E-state index < -0.39 is 19.9 Å². The molecule has 1 unspecified atom stereocenters. The zero-order valence-corrected chi connectivity index (χ0v) is 34.3. The van der Waals surface area contributed by atoms with Gasteiger partial charge < -0.3 is 14.4 Å². The van der Waals surface area contributed by atoms with E-state index in [2.05, 4.69) is 48.9 Å². The predicted molar refractivity (Wildman–Crippen MR) is 219 cm³/mol. The third kappa shape index (κ3) is 8.31. The SMILES string of the molecule is [2H]C(C)(C)c1ccnc(-c2[c-]ccc3c2oc2nc(-c4ccccc4)ccc23)c1.[2H]C(C)(c1ccccc1)c1cc(-c2[c-]cccc2)ncc1[Si](C)(C)C.[Ir]. The Labute approximate surface area is 330 Å². The molecule has 0 N–H and O–H groups in total. The monoisotopic (exact) mass is 888 g/mol. The number of hydrogen-bond acceptors (Lipinski definition) is 4. The Morgan fingerprint density at radius 2 is 1.42 bits per heavy atom. The van der Waals surface area contributed by atoms with Crippen molar-refractivity contribution < 1.29 is 27.3 Å². The maximum atomic E-state index is 9.17. The van der Waals surface area contributed by atoms with Gasteiger partial charge in [-0.25, -0.2) is 4.98 Å². The average Bonchev–Trinajstić information content (AvgIpc) is 3.56. The number of hydrogen-bond donors (Lipinski definition) is 0. The molecule has 53 heavy (non-hydrogen) atoms. The summed E-state index contributed by atoms with van der Waals surface area (Å²) in [6.07, 6.45) is 3.73. The smallest absolute Gasteiger partial charge is 0.216 e. The van der Waals surface area contributed by atoms with E-state index >= 15 is 0 Å². The molecule has 4 aromatic carbocycles. The van der Waals surface area contributed by atoms with E-state index in [1.165, 1.54) is 5.19 Å². The Morgan fingerprint density at radius 1 is 0.679 bits per heavy atom. The van der Waals surface area contributed by atoms with E-state index in [1.54, 1.807) is 6.20 Å². The maximum absolute atomic E-state index is 9.17. The van der Waals surface area contributed by atoms with Crippen LogP contribution in [0.5, 0.6) is 0 Å². The molecule has 0 saturated carbocycles. The Morgan fingerprint density at radius 3 is 2.11 bits per heavy atom. The first-order valence-corrected chi connectivity index (χ1v) is 21.1. The summed E-state index contributed by atoms with van der Waals surface area (Å²) in [6, 6.07) is 48.4. The van der Waals surface area contributed by atoms with Gasteiger partial charge in [-0.1, -0.05) is 130 Å². The van der Waals surface area contributed by atoms with Crippen molar-refractivity contribution in [2.45, 2.75) is 52.2 Å². The summed E-state index contributed by atoms with van der Waals surface area (Å²) < 4.78 is 23.7. The molecule has 0 fully saturated rings. The fourth-order valence-electron chi connectivity index (χ4n) is 6.37. The predicted octanol–water partition coefficient (Wildman–Crippen LogP) is 11.9. The van der Waals surface area contributed by atoms with E-state index in [1.807, 2.05) is 142 Å². The molecule has 0 aliphatic rings. The van der Waals surface area contributed by atoms with Gasteiger partial charge in [0.25, 0.3) is 0 Å². The summed E-state index contributed by atoms with van der Waals surface area (Å²) in [5.74, 6) is -1.52. The number of benzene rings is 4. The van der Waals surface area contributed by atoms with Gasteiger partial charge in [-0.15, -0.1) is 54.1 Å². The van der Waals surface area contributed by atoms with Gasteiger partial charge in [-0.05, 0) is 51.8 Å². The second-order valence-electron chi connectivity index (χ2n) is 14.2. The fourth-order valence-corrected chi connectivity index (χ4v) is 7.89. The number of nitrogens with zero attached hydrogens (tertiary/aromatic N) is 3. The van der Waals surface area contributed by atoms with Gasteiger partial charge in [0.05, 0.1) is 19.4 Å². The summed E-state index contributed by atoms with van der Waals surface area (Å²) in [7, 11) is -1.64. The molecule has 4 nitrogen and oxygen atoms in total. The van der Waals surface area contributed by atoms with Gasteiger partial charge in [0.1, 0.15) is 0 Å². The van der Waals surface area contributed by atoms with E-state index in [4.69, 9.17) is 15.8 Å². The summed E-state index contributed by atoms with van der Waals surface area (Å²) >= 11 is 0. The maximum Gasteiger partial charge on any atom is 0.216 e. The minimum absolute atomic E-state index is 0. The Kier molecular flexibility index (Phi) is 10.8. The van der Waals surface area contributed by atoms with E-state index in [0.717, 1.165) is 61.2 Å². The van der Waals surface area contributed by atoms with E-state index in [9.17, 15) is 1.37 Å². The van der Waals surface area contributed by atoms with Gasteiger partial charge in [0.2, 0.25) is 5.71 Å². The Balaban J connectivity index is 0.000000186. The van der Waals surface area contributed by atoms with Gasteiger partial charge in [0.15, 0.2) is 0 Å². The topological polar surface area (TPSA) is 51.8 Å². The van der Waals surface area contributed by atoms with Gasteiger partial charge in [-0.2, -0.15) is 0 Å². The molecule has 8 aromatic rings. The van der Waals surface area contributed by atoms with E-state index in [-0.39, 0.29) is 20.1 Å². The van der Waals surface area contributed by atoms with Crippen molar-refractivity contribution in [2.24, 2.45) is 0 Å². The molecule has 1 radical (unpaired) electrons. The van der Waals surface area contributed by atoms with Crippen LogP contribution < -0.4 is 5.19 Å². The standard InChI is InChI=1S/C25H19N2O.C22H24NSi.Ir/c1-16(2)18-13-14-26-23(15-18)21-10-6-9-19-20-11-12-22(17-7-4-3-5-8-17)27-25(20)28-24(19)21;1-17(18-11-7-5-8-12-18)20-15-21(19-13-9-6-10-14-19)23-16-22(20)24(2,3)4;/h3-9,11-16H,1-2H3;5-13,15-17H,1-4H3;/q2*-1;/i16D;17D;. The zero-order valence-electron chi connectivity index (χ0n) is 32.9. The summed E-state index contributed by atoms with van der Waals surface area (Å²) in [5.41, 5.74) is 9.57. The molecule has 6 heteroatoms. The van der Waals surface area contributed by atoms with Crippen LogP contribution in [0.4, 0.5) is 0 Å². The number of aromatic nitrogens is 3. The second kappa shape index (κ2) is 16.3. The van der Waals surface area contributed by atoms with Crippen LogP contribution in [0.25, 0.3) is 55.8 Å². The van der Waals surface area contributed by atoms with Gasteiger partial charge >= 0.3 is 0 Å². The number of fused-ring (bicyclic) bond motifs is 3. The minimum atomic E-state index is -1.64. The molecule has 267 valence electrons. The van der Waals surface area contributed by atoms with Crippen molar-refractivity contribution in [3.63, 3.8) is 0 Å². The van der Waals surface area contributed by atoms with Crippen molar-refractivity contribution in [2.75, 3.05) is 0 Å². The summed E-state index contributed by atoms with van der Waals surface area (Å²) in [4.78, 5) is 14.0. The van der Waals surface area contributed by atoms with Crippen molar-refractivity contribution in [1.82, 2.24) is 15.0 Å². The molecule has 0 aliphatic heterocycles. The van der Waals surface area contributed by atoms with Crippen LogP contribution in [0.3, 0.4) is 0 Å². The van der Waals surface area contributed by atoms with Crippen LogP contribution in [0.15, 0.2) is 144 Å². The number of furan rings is 1. The molecular weight excluding hydrogens is 843 g/mol. The molecule has 4 aromatic heterocycles. The quantitative estimate of drug-likeness (QED) is 0.118. The molecular formula is C47H43IrN3OSi-2. The van der Waals surface area contributed by atoms with Crippen molar-refractivity contribution in [3.05, 3.63) is 169 Å². The first kappa shape index (κ1) is 35.0. The molecule has 0 spiro atoms. The largest absolute Gasteiger partial charge is 0.486 e. The van der Waals surface area contributed by atoms with Crippen LogP contribution in [0.1, 0.15) is 52.0 Å². The molecule has 0 bridgehead atoms. The van der Waals surface area contributed by atoms with Crippen LogP contribution in [0.2, 0.25) is 19.6 Å². The summed E-state index contributed by atoms with van der Waals surface area (Å²) in [5, 5.41) is 3.19. The Hall–Kier alpha value is -5.00. The van der Waals surface area contributed by atoms with E-state index in [0.29, 0.717) is 11.3 Å². The number of pyridine rings is 3. The zero-order chi connectivity index (χ0) is 38.1. The molecule has 4 heterocycles. The third-order valence-electron chi connectivity index (χ3n) is 9.27. The van der Waals surface area contributed by atoms with Crippen molar-refractivity contribution in [3.8, 4) is 33.8 Å². The molecule has 0 amide bonds. The minimum Gasteiger partial charge on any atom is -0.486 e. The number of rotatable bonds is 7. The van der Waals surface area contributed by atoms with Crippen molar-refractivity contribution in [1.29, 1.82) is 0 Å². The summed E-state index contributed by atoms with van der Waals surface area (Å²) in [6.45, 7) is 12.6. The van der Waals surface area contributed by atoms with Gasteiger partial charge in [0, 0.05) is 52.1 Å². The third-order valence-corrected chi connectivity index (χ3v) is 11.3. The van der Waals surface area contributed by atoms with Crippen LogP contribution in [-0.4, -0.2) is 23.0 Å². The van der Waals surface area contributed by atoms with Crippen molar-refractivity contribution >= 4 is 35.3 Å². The fraction of sp³-hybridized carbons (Fsp3) is 0.170. The first-order valence-electron chi connectivity index (χ1n) is 18.6. The molecule has 8 rings (SSSR count). The first-order chi connectivity index (χ1) is 25.8. The average molecular weight is 888 g/mol. The molecule has 1 atom stereocenters. The van der Waals surface area contributed by atoms with Crippen LogP contribution >= 0.6 is 0 Å². The Bertz CT molecular complexity index is 2550. The van der Waals surface area contributed by atoms with Gasteiger partial charge in [-0.3, -0.25) is 0 Å². The molecule has 0 aliphatic carbocycles. The van der Waals surface area contributed by atoms with Crippen LogP contribution in [0, 0.1) is 12.1 Å². The normalized spacial score (nSPS) is 13.2. The molecule has 0 saturated heterocycles. The van der Waals surface area contributed by atoms with Crippen LogP contribution in [-0.2, 0) is 20.1 Å².